The van der Waals surface area contributed by atoms with Gasteiger partial charge in [0.15, 0.2) is 0 Å². The van der Waals surface area contributed by atoms with E-state index in [0.29, 0.717) is 12.8 Å². The fourth-order valence-electron chi connectivity index (χ4n) is 2.97. The van der Waals surface area contributed by atoms with Gasteiger partial charge in [-0.2, -0.15) is 0 Å². The largest absolute Gasteiger partial charge is 0.465 e. The molecular formula is C17H26N4O3. The summed E-state index contributed by atoms with van der Waals surface area (Å²) in [6.07, 6.45) is -0.435. The molecule has 1 unspecified atom stereocenters. The molecule has 1 aliphatic rings. The number of carbonyl (C=O) groups excluding carboxylic acids is 1. The number of amides is 1. The van der Waals surface area contributed by atoms with Crippen LogP contribution in [-0.2, 0) is 4.79 Å². The Balaban J connectivity index is 1.82. The zero-order valence-corrected chi connectivity index (χ0v) is 14.1. The molecule has 2 N–H and O–H groups in total. The number of hydrogen-bond acceptors (Lipinski definition) is 5. The fraction of sp³-hybridized carbons (Fsp3) is 0.529. The molecule has 0 aromatic heterocycles. The maximum Gasteiger partial charge on any atom is 0.407 e. The minimum Gasteiger partial charge on any atom is -0.465 e. The van der Waals surface area contributed by atoms with E-state index in [4.69, 9.17) is 5.11 Å². The molecule has 1 aromatic carbocycles. The van der Waals surface area contributed by atoms with E-state index < -0.39 is 6.09 Å². The number of aldehydes is 1. The Kier molecular flexibility index (Phi) is 7.02. The van der Waals surface area contributed by atoms with Crippen LogP contribution in [0.3, 0.4) is 0 Å². The summed E-state index contributed by atoms with van der Waals surface area (Å²) in [5, 5.41) is 12.3. The molecule has 0 saturated carbocycles. The molecule has 1 atom stereocenters. The van der Waals surface area contributed by atoms with Crippen LogP contribution in [0.2, 0.25) is 0 Å². The van der Waals surface area contributed by atoms with Gasteiger partial charge in [-0.1, -0.05) is 18.2 Å². The maximum atomic E-state index is 11.2. The molecule has 2 rings (SSSR count). The summed E-state index contributed by atoms with van der Waals surface area (Å²) in [4.78, 5) is 27.6. The van der Waals surface area contributed by atoms with Crippen LogP contribution in [-0.4, -0.2) is 86.2 Å². The number of benzene rings is 1. The first-order valence-electron chi connectivity index (χ1n) is 8.25. The number of hydrogen-bond donors (Lipinski definition) is 2. The number of carboxylic acid groups (broad SMARTS) is 1. The molecule has 7 nitrogen and oxygen atoms in total. The Hall–Kier alpha value is -2.12. The van der Waals surface area contributed by atoms with Crippen LogP contribution >= 0.6 is 0 Å². The van der Waals surface area contributed by atoms with E-state index in [2.05, 4.69) is 27.2 Å². The van der Waals surface area contributed by atoms with Gasteiger partial charge in [0.1, 0.15) is 6.29 Å². The van der Waals surface area contributed by atoms with E-state index >= 15 is 0 Å². The molecule has 0 spiro atoms. The summed E-state index contributed by atoms with van der Waals surface area (Å²) in [7, 11) is 1.83. The molecule has 7 heteroatoms. The zero-order valence-electron chi connectivity index (χ0n) is 14.1. The lowest BCUT2D eigenvalue weighted by atomic mass is 10.2. The summed E-state index contributed by atoms with van der Waals surface area (Å²) in [6, 6.07) is 10.4. The van der Waals surface area contributed by atoms with Crippen molar-refractivity contribution in [2.75, 3.05) is 57.8 Å². The monoisotopic (exact) mass is 334 g/mol. The molecule has 1 aromatic rings. The van der Waals surface area contributed by atoms with Crippen molar-refractivity contribution in [1.29, 1.82) is 0 Å². The van der Waals surface area contributed by atoms with Gasteiger partial charge in [-0.25, -0.2) is 4.79 Å². The van der Waals surface area contributed by atoms with Crippen LogP contribution < -0.4 is 10.2 Å². The van der Waals surface area contributed by atoms with Gasteiger partial charge < -0.3 is 20.1 Å². The van der Waals surface area contributed by atoms with Gasteiger partial charge in [0, 0.05) is 51.0 Å². The number of nitrogens with zero attached hydrogens (tertiary/aromatic N) is 3. The smallest absolute Gasteiger partial charge is 0.407 e. The van der Waals surface area contributed by atoms with Gasteiger partial charge in [0.05, 0.1) is 6.54 Å². The lowest BCUT2D eigenvalue weighted by molar-refractivity contribution is -0.108. The SMILES string of the molecule is CNC(CN1CCN(c2ccccc2)CC1)CN(CC=O)C(=O)O. The third-order valence-electron chi connectivity index (χ3n) is 4.39. The summed E-state index contributed by atoms with van der Waals surface area (Å²) in [5.74, 6) is 0. The third kappa shape index (κ3) is 5.21. The van der Waals surface area contributed by atoms with Crippen LogP contribution in [0.25, 0.3) is 0 Å². The van der Waals surface area contributed by atoms with Crippen molar-refractivity contribution in [2.24, 2.45) is 0 Å². The molecule has 1 saturated heterocycles. The predicted octanol–water partition coefficient (Wildman–Crippen LogP) is 0.576. The van der Waals surface area contributed by atoms with Crippen molar-refractivity contribution < 1.29 is 14.7 Å². The van der Waals surface area contributed by atoms with Crippen molar-refractivity contribution in [3.63, 3.8) is 0 Å². The molecule has 1 aliphatic heterocycles. The first kappa shape index (κ1) is 18.2. The molecule has 0 bridgehead atoms. The first-order chi connectivity index (χ1) is 11.6. The van der Waals surface area contributed by atoms with Crippen molar-refractivity contribution in [2.45, 2.75) is 6.04 Å². The summed E-state index contributed by atoms with van der Waals surface area (Å²) >= 11 is 0. The van der Waals surface area contributed by atoms with E-state index in [1.165, 1.54) is 5.69 Å². The van der Waals surface area contributed by atoms with Crippen LogP contribution in [0.5, 0.6) is 0 Å². The molecule has 1 heterocycles. The number of para-hydroxylation sites is 1. The van der Waals surface area contributed by atoms with Gasteiger partial charge >= 0.3 is 6.09 Å². The summed E-state index contributed by atoms with van der Waals surface area (Å²) < 4.78 is 0. The van der Waals surface area contributed by atoms with Crippen LogP contribution in [0, 0.1) is 0 Å². The van der Waals surface area contributed by atoms with Crippen LogP contribution in [0.1, 0.15) is 0 Å². The number of anilines is 1. The quantitative estimate of drug-likeness (QED) is 0.677. The summed E-state index contributed by atoms with van der Waals surface area (Å²) in [5.41, 5.74) is 1.24. The highest BCUT2D eigenvalue weighted by Crippen LogP contribution is 2.15. The van der Waals surface area contributed by atoms with Crippen LogP contribution in [0.4, 0.5) is 10.5 Å². The van der Waals surface area contributed by atoms with Gasteiger partial charge in [0.25, 0.3) is 0 Å². The fourth-order valence-corrected chi connectivity index (χ4v) is 2.97. The van der Waals surface area contributed by atoms with Crippen LogP contribution in [0.15, 0.2) is 30.3 Å². The van der Waals surface area contributed by atoms with E-state index in [0.717, 1.165) is 37.6 Å². The van der Waals surface area contributed by atoms with E-state index in [1.54, 1.807) is 0 Å². The van der Waals surface area contributed by atoms with Crippen molar-refractivity contribution in [1.82, 2.24) is 15.1 Å². The number of likely N-dealkylation sites (N-methyl/N-ethyl adjacent to an activating group) is 1. The maximum absolute atomic E-state index is 11.2. The number of carbonyl (C=O) groups is 2. The van der Waals surface area contributed by atoms with Crippen molar-refractivity contribution in [3.05, 3.63) is 30.3 Å². The molecule has 24 heavy (non-hydrogen) atoms. The standard InChI is InChI=1S/C17H26N4O3/c1-18-15(14-21(11-12-22)17(23)24)13-19-7-9-20(10-8-19)16-5-3-2-4-6-16/h2-6,12,15,18H,7-11,13-14H2,1H3,(H,23,24). The van der Waals surface area contributed by atoms with Gasteiger partial charge in [-0.05, 0) is 19.2 Å². The second-order valence-corrected chi connectivity index (χ2v) is 5.96. The Morgan fingerprint density at radius 3 is 2.50 bits per heavy atom. The minimum absolute atomic E-state index is 0.00400. The molecule has 0 radical (unpaired) electrons. The molecule has 0 aliphatic carbocycles. The predicted molar refractivity (Wildman–Crippen MR) is 93.6 cm³/mol. The highest BCUT2D eigenvalue weighted by molar-refractivity contribution is 5.69. The second kappa shape index (κ2) is 9.24. The highest BCUT2D eigenvalue weighted by atomic mass is 16.4. The topological polar surface area (TPSA) is 76.1 Å². The average Bonchev–Trinajstić information content (AvgIpc) is 2.61. The zero-order chi connectivity index (χ0) is 17.4. The van der Waals surface area contributed by atoms with E-state index in [-0.39, 0.29) is 12.6 Å². The molecular weight excluding hydrogens is 308 g/mol. The van der Waals surface area contributed by atoms with Gasteiger partial charge in [-0.15, -0.1) is 0 Å². The average molecular weight is 334 g/mol. The molecule has 1 fully saturated rings. The van der Waals surface area contributed by atoms with Crippen molar-refractivity contribution >= 4 is 18.1 Å². The Bertz CT molecular complexity index is 518. The molecule has 132 valence electrons. The first-order valence-corrected chi connectivity index (χ1v) is 8.25. The van der Waals surface area contributed by atoms with E-state index in [1.807, 2.05) is 25.2 Å². The second-order valence-electron chi connectivity index (χ2n) is 5.96. The number of nitrogens with one attached hydrogen (secondary N) is 1. The Morgan fingerprint density at radius 2 is 1.96 bits per heavy atom. The molecule has 1 amide bonds. The van der Waals surface area contributed by atoms with Gasteiger partial charge in [0.2, 0.25) is 0 Å². The lowest BCUT2D eigenvalue weighted by Gasteiger charge is -2.38. The van der Waals surface area contributed by atoms with E-state index in [9.17, 15) is 9.59 Å². The number of rotatable bonds is 8. The number of piperazine rings is 1. The Labute approximate surface area is 142 Å². The highest BCUT2D eigenvalue weighted by Gasteiger charge is 2.22. The third-order valence-corrected chi connectivity index (χ3v) is 4.39. The minimum atomic E-state index is -1.06. The van der Waals surface area contributed by atoms with Gasteiger partial charge in [-0.3, -0.25) is 9.80 Å². The summed E-state index contributed by atoms with van der Waals surface area (Å²) in [6.45, 7) is 4.77. The lowest BCUT2D eigenvalue weighted by Crippen LogP contribution is -2.53. The van der Waals surface area contributed by atoms with Crippen molar-refractivity contribution in [3.8, 4) is 0 Å². The Morgan fingerprint density at radius 1 is 1.29 bits per heavy atom. The normalized spacial score (nSPS) is 16.6.